The smallest absolute Gasteiger partial charge is 0.411 e. The summed E-state index contributed by atoms with van der Waals surface area (Å²) in [5, 5.41) is 2.71. The van der Waals surface area contributed by atoms with Gasteiger partial charge in [-0.2, -0.15) is 0 Å². The van der Waals surface area contributed by atoms with Crippen LogP contribution in [0.2, 0.25) is 0 Å². The first-order valence-corrected chi connectivity index (χ1v) is 10.3. The first kappa shape index (κ1) is 23.5. The van der Waals surface area contributed by atoms with E-state index in [1.54, 1.807) is 39.0 Å². The van der Waals surface area contributed by atoms with Gasteiger partial charge in [-0.05, 0) is 45.9 Å². The van der Waals surface area contributed by atoms with Crippen LogP contribution in [-0.4, -0.2) is 55.7 Å². The summed E-state index contributed by atoms with van der Waals surface area (Å²) in [6, 6.07) is 3.95. The van der Waals surface area contributed by atoms with Crippen LogP contribution >= 0.6 is 0 Å². The molecule has 1 saturated heterocycles. The van der Waals surface area contributed by atoms with Crippen molar-refractivity contribution in [1.82, 2.24) is 25.2 Å². The molecule has 32 heavy (non-hydrogen) atoms. The molecule has 1 unspecified atom stereocenters. The van der Waals surface area contributed by atoms with Crippen LogP contribution in [0.15, 0.2) is 30.7 Å². The van der Waals surface area contributed by atoms with Gasteiger partial charge in [0.2, 0.25) is 5.91 Å². The lowest BCUT2D eigenvalue weighted by Crippen LogP contribution is -2.47. The number of carbonyl (C=O) groups excluding carboxylic acids is 2. The molecule has 0 saturated carbocycles. The van der Waals surface area contributed by atoms with Gasteiger partial charge in [0.15, 0.2) is 0 Å². The van der Waals surface area contributed by atoms with E-state index in [2.05, 4.69) is 20.3 Å². The number of ether oxygens (including phenoxy) is 1. The molecule has 2 atom stereocenters. The van der Waals surface area contributed by atoms with Crippen LogP contribution in [0, 0.1) is 0 Å². The molecule has 1 fully saturated rings. The summed E-state index contributed by atoms with van der Waals surface area (Å²) < 4.78 is 32.6. The van der Waals surface area contributed by atoms with Gasteiger partial charge < -0.3 is 10.1 Å². The highest BCUT2D eigenvalue weighted by atomic mass is 19.1. The van der Waals surface area contributed by atoms with Gasteiger partial charge in [0.25, 0.3) is 0 Å². The van der Waals surface area contributed by atoms with Crippen molar-refractivity contribution in [2.24, 2.45) is 0 Å². The molecule has 2 aromatic heterocycles. The fraction of sp³-hybridized carbons (Fsp3) is 0.500. The van der Waals surface area contributed by atoms with Gasteiger partial charge in [-0.3, -0.25) is 14.7 Å². The molecule has 0 aliphatic carbocycles. The van der Waals surface area contributed by atoms with E-state index in [0.717, 1.165) is 4.90 Å². The molecule has 3 heterocycles. The second-order valence-corrected chi connectivity index (χ2v) is 9.03. The Morgan fingerprint density at radius 3 is 2.62 bits per heavy atom. The summed E-state index contributed by atoms with van der Waals surface area (Å²) in [7, 11) is 0. The Bertz CT molecular complexity index is 976. The van der Waals surface area contributed by atoms with Crippen molar-refractivity contribution in [3.63, 3.8) is 0 Å². The highest BCUT2D eigenvalue weighted by Gasteiger charge is 2.47. The quantitative estimate of drug-likeness (QED) is 0.755. The maximum absolute atomic E-state index is 14.6. The topological polar surface area (TPSA) is 97.3 Å². The lowest BCUT2D eigenvalue weighted by Gasteiger charge is -2.27. The van der Waals surface area contributed by atoms with Gasteiger partial charge in [0.1, 0.15) is 30.3 Å². The van der Waals surface area contributed by atoms with Crippen LogP contribution < -0.4 is 5.32 Å². The van der Waals surface area contributed by atoms with Crippen molar-refractivity contribution in [1.29, 1.82) is 0 Å². The maximum atomic E-state index is 14.6. The minimum Gasteiger partial charge on any atom is -0.444 e. The van der Waals surface area contributed by atoms with E-state index in [-0.39, 0.29) is 19.5 Å². The summed E-state index contributed by atoms with van der Waals surface area (Å²) in [5.41, 5.74) is -0.377. The molecule has 2 aromatic rings. The third-order valence-electron chi connectivity index (χ3n) is 4.85. The number of alkyl halides is 2. The van der Waals surface area contributed by atoms with Crippen molar-refractivity contribution in [2.75, 3.05) is 6.54 Å². The number of amides is 2. The van der Waals surface area contributed by atoms with E-state index in [1.807, 2.05) is 0 Å². The van der Waals surface area contributed by atoms with E-state index < -0.39 is 36.0 Å². The van der Waals surface area contributed by atoms with Crippen LogP contribution in [0.1, 0.15) is 45.5 Å². The molecule has 1 aliphatic heterocycles. The minimum atomic E-state index is -1.69. The molecular formula is C22H27F2N5O3. The Morgan fingerprint density at radius 1 is 1.25 bits per heavy atom. The Labute approximate surface area is 185 Å². The number of hydrogen-bond donors (Lipinski definition) is 1. The predicted octanol–water partition coefficient (Wildman–Crippen LogP) is 3.36. The second kappa shape index (κ2) is 9.13. The number of halogens is 2. The molecule has 0 bridgehead atoms. The normalized spacial score (nSPS) is 20.8. The highest BCUT2D eigenvalue weighted by Crippen LogP contribution is 2.31. The summed E-state index contributed by atoms with van der Waals surface area (Å²) in [4.78, 5) is 38.7. The summed E-state index contributed by atoms with van der Waals surface area (Å²) >= 11 is 0. The number of rotatable bonds is 5. The highest BCUT2D eigenvalue weighted by molar-refractivity contribution is 5.86. The van der Waals surface area contributed by atoms with Crippen LogP contribution in [0.25, 0.3) is 11.3 Å². The Balaban J connectivity index is 1.68. The molecule has 0 spiro atoms. The largest absolute Gasteiger partial charge is 0.444 e. The van der Waals surface area contributed by atoms with E-state index in [1.165, 1.54) is 19.4 Å². The average molecular weight is 447 g/mol. The van der Waals surface area contributed by atoms with Gasteiger partial charge >= 0.3 is 6.09 Å². The van der Waals surface area contributed by atoms with Crippen molar-refractivity contribution in [3.8, 4) is 11.3 Å². The monoisotopic (exact) mass is 447 g/mol. The molecule has 0 aromatic carbocycles. The standard InChI is InChI=1S/C22H27F2N5O3/c1-21(2,3)32-20(31)29-12-22(4,24)8-18(29)19(30)26-11-16-7-17(28-13-27-16)14-5-6-15(9-23)25-10-14/h5-7,10,13,18H,8-9,11-12H2,1-4H3,(H,26,30)/t18-,22?/m0/s1. The fourth-order valence-corrected chi connectivity index (χ4v) is 3.39. The van der Waals surface area contributed by atoms with Crippen molar-refractivity contribution in [2.45, 2.75) is 64.6 Å². The van der Waals surface area contributed by atoms with E-state index in [9.17, 15) is 18.4 Å². The number of carbonyl (C=O) groups is 2. The van der Waals surface area contributed by atoms with Gasteiger partial charge in [-0.15, -0.1) is 0 Å². The number of likely N-dealkylation sites (tertiary alicyclic amines) is 1. The maximum Gasteiger partial charge on any atom is 0.411 e. The van der Waals surface area contributed by atoms with Crippen molar-refractivity contribution < 1.29 is 23.1 Å². The fourth-order valence-electron chi connectivity index (χ4n) is 3.39. The lowest BCUT2D eigenvalue weighted by atomic mass is 10.0. The number of nitrogens with one attached hydrogen (secondary N) is 1. The van der Waals surface area contributed by atoms with Gasteiger partial charge in [0.05, 0.1) is 30.2 Å². The molecule has 172 valence electrons. The van der Waals surface area contributed by atoms with Crippen LogP contribution in [0.3, 0.4) is 0 Å². The van der Waals surface area contributed by atoms with Gasteiger partial charge in [0, 0.05) is 18.2 Å². The van der Waals surface area contributed by atoms with E-state index in [4.69, 9.17) is 4.74 Å². The summed E-state index contributed by atoms with van der Waals surface area (Å²) in [6.07, 6.45) is 2.01. The first-order valence-electron chi connectivity index (χ1n) is 10.3. The first-order chi connectivity index (χ1) is 15.0. The lowest BCUT2D eigenvalue weighted by molar-refractivity contribution is -0.125. The van der Waals surface area contributed by atoms with Crippen LogP contribution in [-0.2, 0) is 22.8 Å². The summed E-state index contributed by atoms with van der Waals surface area (Å²) in [6.45, 7) is 5.66. The number of hydrogen-bond acceptors (Lipinski definition) is 6. The molecule has 10 heteroatoms. The molecule has 3 rings (SSSR count). The molecule has 8 nitrogen and oxygen atoms in total. The second-order valence-electron chi connectivity index (χ2n) is 9.03. The summed E-state index contributed by atoms with van der Waals surface area (Å²) in [5.74, 6) is -0.494. The zero-order valence-corrected chi connectivity index (χ0v) is 18.6. The van der Waals surface area contributed by atoms with Gasteiger partial charge in [-0.25, -0.2) is 23.5 Å². The number of aromatic nitrogens is 3. The SMILES string of the molecule is CC1(F)C[C@@H](C(=O)NCc2cc(-c3ccc(CF)nc3)ncn2)N(C(=O)OC(C)(C)C)C1. The molecule has 2 amide bonds. The third-order valence-corrected chi connectivity index (χ3v) is 4.85. The average Bonchev–Trinajstić information content (AvgIpc) is 3.07. The molecule has 1 N–H and O–H groups in total. The molecule has 1 aliphatic rings. The number of nitrogens with zero attached hydrogens (tertiary/aromatic N) is 4. The van der Waals surface area contributed by atoms with Crippen LogP contribution in [0.4, 0.5) is 13.6 Å². The van der Waals surface area contributed by atoms with Gasteiger partial charge in [-0.1, -0.05) is 0 Å². The predicted molar refractivity (Wildman–Crippen MR) is 113 cm³/mol. The minimum absolute atomic E-state index is 0.0615. The molecular weight excluding hydrogens is 420 g/mol. The van der Waals surface area contributed by atoms with E-state index in [0.29, 0.717) is 22.6 Å². The van der Waals surface area contributed by atoms with E-state index >= 15 is 0 Å². The van der Waals surface area contributed by atoms with Crippen molar-refractivity contribution >= 4 is 12.0 Å². The Kier molecular flexibility index (Phi) is 6.71. The zero-order chi connectivity index (χ0) is 23.5. The molecule has 0 radical (unpaired) electrons. The Morgan fingerprint density at radius 2 is 2.00 bits per heavy atom. The third kappa shape index (κ3) is 5.95. The Hall–Kier alpha value is -3.17. The van der Waals surface area contributed by atoms with Crippen LogP contribution in [0.5, 0.6) is 0 Å². The van der Waals surface area contributed by atoms with Crippen molar-refractivity contribution in [3.05, 3.63) is 42.1 Å². The number of pyridine rings is 1. The zero-order valence-electron chi connectivity index (χ0n) is 18.6.